The van der Waals surface area contributed by atoms with Crippen molar-refractivity contribution in [2.45, 2.75) is 68.3 Å². The SMILES string of the molecule is CO[C@H]1/C=C\C[C@@H](O)[C@@H](C)SNC(=O)c2ccc3c(c2)N(C[C@@H]2CC[C@H]21)C[C@@]1(CCCc2cc(Cl)ccc21)CO3. The van der Waals surface area contributed by atoms with Gasteiger partial charge in [0.2, 0.25) is 0 Å². The van der Waals surface area contributed by atoms with Gasteiger partial charge in [0.1, 0.15) is 5.75 Å². The molecule has 40 heavy (non-hydrogen) atoms. The summed E-state index contributed by atoms with van der Waals surface area (Å²) in [5.41, 5.74) is 4.09. The molecule has 1 spiro atoms. The Bertz CT molecular complexity index is 1290. The third-order valence-electron chi connectivity index (χ3n) is 9.51. The molecule has 0 aromatic heterocycles. The standard InChI is InChI=1S/C32H39ClN2O4S/c1-20-28(36)6-3-7-29(38-2)25-11-8-23(25)17-35-18-32(14-4-5-21-15-24(33)10-12-26(21)32)19-39-30-13-9-22(16-27(30)35)31(37)34-40-20/h3,7,9-10,12-13,15-16,20,23,25,28-29,36H,4-6,8,11,14,17-19H2,1-2H3,(H,34,37)/b7-3-/t20-,23+,25-,28-,29+,32+/m1/s1. The van der Waals surface area contributed by atoms with E-state index in [2.05, 4.69) is 27.8 Å². The van der Waals surface area contributed by atoms with Crippen LogP contribution in [0.2, 0.25) is 5.02 Å². The number of aryl methyl sites for hydroxylation is 1. The Morgan fingerprint density at radius 3 is 2.90 bits per heavy atom. The minimum Gasteiger partial charge on any atom is -0.490 e. The van der Waals surface area contributed by atoms with Crippen LogP contribution in [-0.2, 0) is 16.6 Å². The van der Waals surface area contributed by atoms with Crippen LogP contribution in [0.1, 0.15) is 60.5 Å². The number of ether oxygens (including phenoxy) is 2. The van der Waals surface area contributed by atoms with Crippen LogP contribution in [0, 0.1) is 11.8 Å². The van der Waals surface area contributed by atoms with E-state index in [1.165, 1.54) is 23.1 Å². The molecule has 2 aliphatic carbocycles. The molecule has 1 amide bonds. The summed E-state index contributed by atoms with van der Waals surface area (Å²) >= 11 is 7.68. The second kappa shape index (κ2) is 11.6. The number of halogens is 1. The van der Waals surface area contributed by atoms with E-state index in [0.29, 0.717) is 30.4 Å². The fourth-order valence-electron chi connectivity index (χ4n) is 7.02. The number of methoxy groups -OCH3 is 1. The van der Waals surface area contributed by atoms with Crippen molar-refractivity contribution in [1.29, 1.82) is 0 Å². The number of hydrogen-bond acceptors (Lipinski definition) is 6. The lowest BCUT2D eigenvalue weighted by Crippen LogP contribution is -2.49. The number of hydrogen-bond donors (Lipinski definition) is 2. The molecule has 2 bridgehead atoms. The van der Waals surface area contributed by atoms with E-state index in [0.717, 1.165) is 61.7 Å². The maximum Gasteiger partial charge on any atom is 0.261 e. The second-order valence-electron chi connectivity index (χ2n) is 12.0. The van der Waals surface area contributed by atoms with E-state index >= 15 is 0 Å². The molecule has 2 aromatic rings. The van der Waals surface area contributed by atoms with Crippen molar-refractivity contribution in [3.63, 3.8) is 0 Å². The topological polar surface area (TPSA) is 71.0 Å². The largest absolute Gasteiger partial charge is 0.490 e. The molecule has 2 heterocycles. The molecule has 0 unspecified atom stereocenters. The molecule has 1 saturated carbocycles. The number of aliphatic hydroxyl groups is 1. The summed E-state index contributed by atoms with van der Waals surface area (Å²) in [4.78, 5) is 15.7. The van der Waals surface area contributed by atoms with Crippen LogP contribution in [0.4, 0.5) is 5.69 Å². The van der Waals surface area contributed by atoms with E-state index in [1.807, 2.05) is 37.3 Å². The highest BCUT2D eigenvalue weighted by atomic mass is 35.5. The minimum atomic E-state index is -0.565. The molecule has 4 aliphatic rings. The fraction of sp³-hybridized carbons (Fsp3) is 0.531. The van der Waals surface area contributed by atoms with Gasteiger partial charge in [-0.15, -0.1) is 0 Å². The monoisotopic (exact) mass is 582 g/mol. The van der Waals surface area contributed by atoms with Gasteiger partial charge in [-0.05, 0) is 111 Å². The predicted molar refractivity (Wildman–Crippen MR) is 162 cm³/mol. The van der Waals surface area contributed by atoms with Gasteiger partial charge < -0.3 is 19.5 Å². The summed E-state index contributed by atoms with van der Waals surface area (Å²) in [7, 11) is 1.79. The third-order valence-corrected chi connectivity index (χ3v) is 10.7. The summed E-state index contributed by atoms with van der Waals surface area (Å²) in [6.07, 6.45) is 9.58. The molecule has 0 radical (unpaired) electrons. The van der Waals surface area contributed by atoms with Crippen molar-refractivity contribution in [2.24, 2.45) is 11.8 Å². The van der Waals surface area contributed by atoms with Crippen molar-refractivity contribution >= 4 is 35.1 Å². The molecule has 1 fully saturated rings. The number of rotatable bonds is 1. The van der Waals surface area contributed by atoms with Crippen LogP contribution in [0.5, 0.6) is 5.75 Å². The molecule has 8 heteroatoms. The zero-order valence-electron chi connectivity index (χ0n) is 23.3. The number of fused-ring (bicyclic) bond motifs is 4. The number of aliphatic hydroxyl groups excluding tert-OH is 1. The summed E-state index contributed by atoms with van der Waals surface area (Å²) in [6.45, 7) is 4.23. The van der Waals surface area contributed by atoms with Gasteiger partial charge in [-0.3, -0.25) is 9.52 Å². The molecule has 214 valence electrons. The van der Waals surface area contributed by atoms with Gasteiger partial charge in [0.15, 0.2) is 0 Å². The van der Waals surface area contributed by atoms with Gasteiger partial charge >= 0.3 is 0 Å². The predicted octanol–water partition coefficient (Wildman–Crippen LogP) is 5.94. The van der Waals surface area contributed by atoms with E-state index in [4.69, 9.17) is 21.1 Å². The molecule has 6 atom stereocenters. The summed E-state index contributed by atoms with van der Waals surface area (Å²) < 4.78 is 15.5. The summed E-state index contributed by atoms with van der Waals surface area (Å²) in [6, 6.07) is 12.1. The zero-order valence-corrected chi connectivity index (χ0v) is 24.8. The fourth-order valence-corrected chi connectivity index (χ4v) is 7.89. The van der Waals surface area contributed by atoms with Gasteiger partial charge in [0, 0.05) is 41.5 Å². The van der Waals surface area contributed by atoms with Crippen molar-refractivity contribution in [3.8, 4) is 5.75 Å². The van der Waals surface area contributed by atoms with Gasteiger partial charge in [0.05, 0.1) is 24.5 Å². The first-order valence-corrected chi connectivity index (χ1v) is 15.8. The van der Waals surface area contributed by atoms with E-state index < -0.39 is 6.10 Å². The van der Waals surface area contributed by atoms with Crippen LogP contribution in [0.3, 0.4) is 0 Å². The Morgan fingerprint density at radius 1 is 1.23 bits per heavy atom. The zero-order chi connectivity index (χ0) is 27.9. The van der Waals surface area contributed by atoms with Crippen LogP contribution >= 0.6 is 23.5 Å². The van der Waals surface area contributed by atoms with Crippen LogP contribution in [0.15, 0.2) is 48.6 Å². The summed E-state index contributed by atoms with van der Waals surface area (Å²) in [5.74, 6) is 1.53. The smallest absolute Gasteiger partial charge is 0.261 e. The van der Waals surface area contributed by atoms with Gasteiger partial charge in [0.25, 0.3) is 5.91 Å². The lowest BCUT2D eigenvalue weighted by molar-refractivity contribution is 0.0130. The highest BCUT2D eigenvalue weighted by Gasteiger charge is 2.44. The number of nitrogens with zero attached hydrogens (tertiary/aromatic N) is 1. The molecule has 2 N–H and O–H groups in total. The Kier molecular flexibility index (Phi) is 8.10. The number of anilines is 1. The van der Waals surface area contributed by atoms with Crippen LogP contribution in [0.25, 0.3) is 0 Å². The van der Waals surface area contributed by atoms with E-state index in [1.54, 1.807) is 7.11 Å². The van der Waals surface area contributed by atoms with Gasteiger partial charge in [-0.25, -0.2) is 0 Å². The first-order chi connectivity index (χ1) is 19.4. The Hall–Kier alpha value is -2.19. The van der Waals surface area contributed by atoms with Crippen LogP contribution in [-0.4, -0.2) is 55.3 Å². The molecular weight excluding hydrogens is 544 g/mol. The third kappa shape index (κ3) is 5.38. The first-order valence-electron chi connectivity index (χ1n) is 14.5. The van der Waals surface area contributed by atoms with Gasteiger partial charge in [-0.1, -0.05) is 29.8 Å². The number of nitrogens with one attached hydrogen (secondary N) is 1. The lowest BCUT2D eigenvalue weighted by Gasteiger charge is -2.46. The highest BCUT2D eigenvalue weighted by molar-refractivity contribution is 7.98. The number of benzene rings is 2. The van der Waals surface area contributed by atoms with Gasteiger partial charge in [-0.2, -0.15) is 0 Å². The highest BCUT2D eigenvalue weighted by Crippen LogP contribution is 2.47. The minimum absolute atomic E-state index is 0.0158. The average Bonchev–Trinajstić information content (AvgIpc) is 3.09. The van der Waals surface area contributed by atoms with Crippen molar-refractivity contribution in [3.05, 3.63) is 70.3 Å². The van der Waals surface area contributed by atoms with E-state index in [-0.39, 0.29) is 22.7 Å². The van der Waals surface area contributed by atoms with Crippen molar-refractivity contribution in [2.75, 3.05) is 31.7 Å². The summed E-state index contributed by atoms with van der Waals surface area (Å²) in [5, 5.41) is 11.3. The molecular formula is C32H39ClN2O4S. The molecule has 2 aliphatic heterocycles. The van der Waals surface area contributed by atoms with Crippen LogP contribution < -0.4 is 14.4 Å². The van der Waals surface area contributed by atoms with Crippen molar-refractivity contribution in [1.82, 2.24) is 4.72 Å². The second-order valence-corrected chi connectivity index (χ2v) is 13.6. The van der Waals surface area contributed by atoms with Crippen molar-refractivity contribution < 1.29 is 19.4 Å². The molecule has 0 saturated heterocycles. The maximum atomic E-state index is 13.2. The molecule has 6 rings (SSSR count). The molecule has 2 aromatic carbocycles. The number of amides is 1. The Morgan fingerprint density at radius 2 is 2.10 bits per heavy atom. The normalized spacial score (nSPS) is 33.0. The maximum absolute atomic E-state index is 13.2. The number of carbonyl (C=O) groups is 1. The Labute approximate surface area is 246 Å². The average molecular weight is 583 g/mol. The molecule has 6 nitrogen and oxygen atoms in total. The van der Waals surface area contributed by atoms with E-state index in [9.17, 15) is 9.90 Å². The Balaban J connectivity index is 1.40. The quantitative estimate of drug-likeness (QED) is 0.320. The first kappa shape index (κ1) is 28.0. The lowest BCUT2D eigenvalue weighted by atomic mass is 9.68. The number of carbonyl (C=O) groups excluding carboxylic acids is 1.